The Bertz CT molecular complexity index is 1280. The highest BCUT2D eigenvalue weighted by molar-refractivity contribution is 7.85. The van der Waals surface area contributed by atoms with Gasteiger partial charge in [-0.25, -0.2) is 4.98 Å². The number of nitrogens with one attached hydrogen (secondary N) is 1. The summed E-state index contributed by atoms with van der Waals surface area (Å²) in [5, 5.41) is 11.5. The Kier molecular flexibility index (Phi) is 8.94. The summed E-state index contributed by atoms with van der Waals surface area (Å²) >= 11 is 0. The van der Waals surface area contributed by atoms with Crippen molar-refractivity contribution in [2.24, 2.45) is 0 Å². The van der Waals surface area contributed by atoms with Gasteiger partial charge in [0, 0.05) is 36.3 Å². The van der Waals surface area contributed by atoms with Crippen LogP contribution in [0.4, 0.5) is 0 Å². The average molecular weight is 497 g/mol. The van der Waals surface area contributed by atoms with Crippen LogP contribution in [0.3, 0.4) is 0 Å². The molecule has 0 fully saturated rings. The van der Waals surface area contributed by atoms with E-state index in [1.165, 1.54) is 5.56 Å². The van der Waals surface area contributed by atoms with Crippen LogP contribution in [-0.4, -0.2) is 68.2 Å². The van der Waals surface area contributed by atoms with Crippen LogP contribution in [0.5, 0.6) is 0 Å². The highest BCUT2D eigenvalue weighted by Crippen LogP contribution is 2.27. The molecule has 10 heteroatoms. The fraction of sp³-hybridized carbons (Fsp3) is 0.280. The van der Waals surface area contributed by atoms with Gasteiger partial charge in [-0.1, -0.05) is 24.3 Å². The zero-order valence-corrected chi connectivity index (χ0v) is 21.1. The normalized spacial score (nSPS) is 11.9. The van der Waals surface area contributed by atoms with Crippen molar-refractivity contribution in [1.29, 1.82) is 0 Å². The summed E-state index contributed by atoms with van der Waals surface area (Å²) < 4.78 is 18.4. The Hall–Kier alpha value is -3.31. The van der Waals surface area contributed by atoms with Crippen LogP contribution in [0.15, 0.2) is 64.0 Å². The van der Waals surface area contributed by atoms with E-state index in [4.69, 9.17) is 9.40 Å². The van der Waals surface area contributed by atoms with E-state index in [-0.39, 0.29) is 6.90 Å². The van der Waals surface area contributed by atoms with Crippen molar-refractivity contribution < 1.29 is 15.5 Å². The van der Waals surface area contributed by atoms with E-state index < -0.39 is 10.8 Å². The number of aromatic nitrogens is 4. The van der Waals surface area contributed by atoms with Crippen molar-refractivity contribution >= 4 is 10.8 Å². The Labute approximate surface area is 208 Å². The third-order valence-electron chi connectivity index (χ3n) is 5.30. The molecule has 186 valence electrons. The van der Waals surface area contributed by atoms with Gasteiger partial charge in [0.15, 0.2) is 0 Å². The molecule has 1 unspecified atom stereocenters. The maximum atomic E-state index is 12.5. The number of aryl methyl sites for hydroxylation is 1. The minimum atomic E-state index is -1.04. The third-order valence-corrected chi connectivity index (χ3v) is 6.65. The van der Waals surface area contributed by atoms with Gasteiger partial charge in [-0.3, -0.25) is 9.19 Å². The molecule has 1 atom stereocenters. The molecule has 2 aromatic carbocycles. The van der Waals surface area contributed by atoms with E-state index in [1.54, 1.807) is 6.20 Å². The minimum absolute atomic E-state index is 0. The number of nitrogens with zero attached hydrogens (tertiary/aromatic N) is 5. The lowest BCUT2D eigenvalue weighted by Crippen LogP contribution is -2.18. The van der Waals surface area contributed by atoms with E-state index >= 15 is 0 Å². The van der Waals surface area contributed by atoms with Gasteiger partial charge in [0.25, 0.3) is 5.89 Å². The number of rotatable bonds is 9. The SMILES string of the molecule is CNCc1ccc(-c2nnc(-c3nc(-c4ccc(S(=O)CCN(C)C)cc4)cnc3C)o2)cc1.O.[HH]. The second kappa shape index (κ2) is 11.9. The fourth-order valence-corrected chi connectivity index (χ4v) is 4.56. The average Bonchev–Trinajstić information content (AvgIpc) is 3.34. The number of benzene rings is 2. The molecule has 0 saturated carbocycles. The van der Waals surface area contributed by atoms with Crippen LogP contribution < -0.4 is 5.32 Å². The zero-order chi connectivity index (χ0) is 24.1. The quantitative estimate of drug-likeness (QED) is 0.374. The molecule has 2 heterocycles. The molecule has 0 amide bonds. The summed E-state index contributed by atoms with van der Waals surface area (Å²) in [5.41, 5.74) is 4.82. The lowest BCUT2D eigenvalue weighted by atomic mass is 10.1. The zero-order valence-electron chi connectivity index (χ0n) is 20.3. The van der Waals surface area contributed by atoms with Gasteiger partial charge in [0.2, 0.25) is 5.89 Å². The summed E-state index contributed by atoms with van der Waals surface area (Å²) in [6.07, 6.45) is 1.72. The maximum absolute atomic E-state index is 12.5. The Morgan fingerprint density at radius 3 is 2.31 bits per heavy atom. The Balaban J connectivity index is 0.00000228. The summed E-state index contributed by atoms with van der Waals surface area (Å²) in [4.78, 5) is 12.1. The standard InChI is InChI=1S/C25H28N6O2S.H2O.H2/c1-17-23(25-30-29-24(33-25)20-7-5-18(6-8-20)15-26-2)28-22(16-27-17)19-9-11-21(12-10-19)34(32)14-13-31(3)4;;/h5-12,16,26H,13-15H2,1-4H3;1H2;1H. The van der Waals surface area contributed by atoms with Crippen LogP contribution in [0.25, 0.3) is 34.3 Å². The maximum Gasteiger partial charge on any atom is 0.268 e. The molecule has 2 aromatic heterocycles. The predicted molar refractivity (Wildman–Crippen MR) is 139 cm³/mol. The van der Waals surface area contributed by atoms with Crippen LogP contribution >= 0.6 is 0 Å². The van der Waals surface area contributed by atoms with Crippen LogP contribution in [0, 0.1) is 6.92 Å². The van der Waals surface area contributed by atoms with Gasteiger partial charge in [0.05, 0.1) is 28.4 Å². The van der Waals surface area contributed by atoms with Gasteiger partial charge in [-0.15, -0.1) is 10.2 Å². The smallest absolute Gasteiger partial charge is 0.268 e. The first-order valence-corrected chi connectivity index (χ1v) is 12.3. The lowest BCUT2D eigenvalue weighted by molar-refractivity contribution is 0.435. The summed E-state index contributed by atoms with van der Waals surface area (Å²) in [6, 6.07) is 15.6. The number of hydrogen-bond donors (Lipinski definition) is 1. The largest absolute Gasteiger partial charge is 0.415 e. The summed E-state index contributed by atoms with van der Waals surface area (Å²) in [7, 11) is 4.82. The molecule has 0 saturated heterocycles. The van der Waals surface area contributed by atoms with Gasteiger partial charge in [-0.2, -0.15) is 0 Å². The molecule has 9 nitrogen and oxygen atoms in total. The summed E-state index contributed by atoms with van der Waals surface area (Å²) in [5.74, 6) is 1.35. The van der Waals surface area contributed by atoms with Gasteiger partial charge >= 0.3 is 0 Å². The van der Waals surface area contributed by atoms with E-state index in [1.807, 2.05) is 81.5 Å². The summed E-state index contributed by atoms with van der Waals surface area (Å²) in [6.45, 7) is 3.43. The van der Waals surface area contributed by atoms with E-state index in [0.29, 0.717) is 34.6 Å². The Morgan fingerprint density at radius 1 is 1.00 bits per heavy atom. The molecule has 0 bridgehead atoms. The molecule has 35 heavy (non-hydrogen) atoms. The second-order valence-electron chi connectivity index (χ2n) is 8.21. The van der Waals surface area contributed by atoms with Crippen molar-refractivity contribution in [3.05, 3.63) is 66.0 Å². The highest BCUT2D eigenvalue weighted by Gasteiger charge is 2.16. The van der Waals surface area contributed by atoms with Crippen LogP contribution in [0.1, 0.15) is 12.7 Å². The molecule has 0 aliphatic carbocycles. The van der Waals surface area contributed by atoms with Crippen molar-refractivity contribution in [1.82, 2.24) is 30.4 Å². The lowest BCUT2D eigenvalue weighted by Gasteiger charge is -2.09. The van der Waals surface area contributed by atoms with Crippen molar-refractivity contribution in [3.8, 4) is 34.3 Å². The fourth-order valence-electron chi connectivity index (χ4n) is 3.36. The highest BCUT2D eigenvalue weighted by atomic mass is 32.2. The monoisotopic (exact) mass is 496 g/mol. The first kappa shape index (κ1) is 26.3. The van der Waals surface area contributed by atoms with Gasteiger partial charge in [0.1, 0.15) is 5.69 Å². The second-order valence-corrected chi connectivity index (χ2v) is 9.78. The first-order chi connectivity index (χ1) is 16.4. The van der Waals surface area contributed by atoms with Gasteiger partial charge in [-0.05, 0) is 57.9 Å². The third kappa shape index (κ3) is 6.43. The molecule has 3 N–H and O–H groups in total. The minimum Gasteiger partial charge on any atom is -0.415 e. The van der Waals surface area contributed by atoms with E-state index in [9.17, 15) is 4.21 Å². The first-order valence-electron chi connectivity index (χ1n) is 11.0. The molecule has 0 radical (unpaired) electrons. The topological polar surface area (TPSA) is 129 Å². The number of hydrogen-bond acceptors (Lipinski definition) is 8. The molecule has 0 aliphatic rings. The molecule has 4 rings (SSSR count). The molecular formula is C25H32N6O3S. The van der Waals surface area contributed by atoms with Crippen LogP contribution in [-0.2, 0) is 17.3 Å². The van der Waals surface area contributed by atoms with Crippen molar-refractivity contribution in [2.75, 3.05) is 33.4 Å². The molecule has 0 aliphatic heterocycles. The van der Waals surface area contributed by atoms with Crippen molar-refractivity contribution in [2.45, 2.75) is 18.4 Å². The van der Waals surface area contributed by atoms with E-state index in [2.05, 4.69) is 20.5 Å². The molecule has 4 aromatic rings. The van der Waals surface area contributed by atoms with Crippen molar-refractivity contribution in [3.63, 3.8) is 0 Å². The molecule has 0 spiro atoms. The molecular weight excluding hydrogens is 464 g/mol. The predicted octanol–water partition coefficient (Wildman–Crippen LogP) is 2.98. The Morgan fingerprint density at radius 2 is 1.66 bits per heavy atom. The van der Waals surface area contributed by atoms with Gasteiger partial charge < -0.3 is 20.1 Å². The van der Waals surface area contributed by atoms with E-state index in [0.717, 1.165) is 29.1 Å². The van der Waals surface area contributed by atoms with Crippen LogP contribution in [0.2, 0.25) is 0 Å².